The Morgan fingerprint density at radius 1 is 0.743 bits per heavy atom. The Balaban J connectivity index is 0.968. The molecule has 5 saturated heterocycles. The maximum atomic E-state index is 17.1. The van der Waals surface area contributed by atoms with E-state index < -0.39 is 42.6 Å². The van der Waals surface area contributed by atoms with Gasteiger partial charge in [0.05, 0.1) is 37.4 Å². The number of fused-ring (bicyclic) bond motifs is 2. The standard InChI is InChI=1S/C53H63FN10O5Si/c1-37-47(70(2,3)54)46(19-29-59-34-39(20-30-65)57-58-59)69-53(37)44-32-43(62-36-64(41-14-8-5-9-15-41)52(49(62)67)23-27-56-28-24-52)17-18-45(44)60(50(53)68)33-38-11-10-16-42(31-38)61-35-63(40-12-6-4-7-13-40)51(48(61)66)21-25-55-26-22-51/h4-18,31-32,34,37,46-47,55-56,65H,19-30,33,35-36H2,1-3H3/t37-,46+,47-,53+/m1/s1. The summed E-state index contributed by atoms with van der Waals surface area (Å²) < 4.78 is 26.0. The summed E-state index contributed by atoms with van der Waals surface area (Å²) in [6.45, 7) is 9.51. The Kier molecular flexibility index (Phi) is 11.9. The molecule has 11 rings (SSSR count). The van der Waals surface area contributed by atoms with Crippen molar-refractivity contribution in [2.45, 2.75) is 100.0 Å². The number of anilines is 5. The highest BCUT2D eigenvalue weighted by molar-refractivity contribution is 6.72. The zero-order valence-electron chi connectivity index (χ0n) is 40.3. The molecule has 0 saturated carbocycles. The quantitative estimate of drug-likeness (QED) is 0.0985. The number of carbonyl (C=O) groups is 3. The topological polar surface area (TPSA) is 152 Å². The van der Waals surface area contributed by atoms with E-state index in [0.717, 1.165) is 35.7 Å². The van der Waals surface area contributed by atoms with Gasteiger partial charge in [0.1, 0.15) is 11.1 Å². The summed E-state index contributed by atoms with van der Waals surface area (Å²) in [6.07, 6.45) is 4.59. The lowest BCUT2D eigenvalue weighted by molar-refractivity contribution is -0.146. The highest BCUT2D eigenvalue weighted by atomic mass is 28.4. The van der Waals surface area contributed by atoms with E-state index in [9.17, 15) is 9.90 Å². The van der Waals surface area contributed by atoms with E-state index in [-0.39, 0.29) is 30.9 Å². The molecule has 6 aliphatic rings. The van der Waals surface area contributed by atoms with E-state index in [0.29, 0.717) is 94.1 Å². The molecule has 3 N–H and O–H groups in total. The maximum Gasteiger partial charge on any atom is 0.264 e. The number of rotatable bonds is 12. The van der Waals surface area contributed by atoms with Crippen LogP contribution in [0.1, 0.15) is 55.8 Å². The van der Waals surface area contributed by atoms with Crippen molar-refractivity contribution >= 4 is 54.6 Å². The Bertz CT molecular complexity index is 2760. The molecule has 17 heteroatoms. The van der Waals surface area contributed by atoms with Crippen LogP contribution in [-0.2, 0) is 44.2 Å². The number of para-hydroxylation sites is 2. The van der Waals surface area contributed by atoms with Crippen molar-refractivity contribution in [3.05, 3.63) is 126 Å². The Morgan fingerprint density at radius 3 is 1.89 bits per heavy atom. The summed E-state index contributed by atoms with van der Waals surface area (Å²) in [4.78, 5) is 55.5. The van der Waals surface area contributed by atoms with Crippen molar-refractivity contribution in [3.8, 4) is 0 Å². The van der Waals surface area contributed by atoms with Crippen LogP contribution in [0.5, 0.6) is 0 Å². The van der Waals surface area contributed by atoms with Crippen LogP contribution in [0.4, 0.5) is 32.5 Å². The van der Waals surface area contributed by atoms with E-state index >= 15 is 13.7 Å². The molecule has 70 heavy (non-hydrogen) atoms. The Morgan fingerprint density at radius 2 is 1.31 bits per heavy atom. The van der Waals surface area contributed by atoms with Crippen LogP contribution < -0.4 is 35.1 Å². The third-order valence-corrected chi connectivity index (χ3v) is 18.8. The third-order valence-electron chi connectivity index (χ3n) is 16.3. The second-order valence-electron chi connectivity index (χ2n) is 20.6. The molecular weight excluding hydrogens is 904 g/mol. The van der Waals surface area contributed by atoms with Crippen molar-refractivity contribution in [1.82, 2.24) is 25.6 Å². The fourth-order valence-corrected chi connectivity index (χ4v) is 15.4. The summed E-state index contributed by atoms with van der Waals surface area (Å²) in [5, 5.41) is 24.9. The van der Waals surface area contributed by atoms with Gasteiger partial charge >= 0.3 is 0 Å². The highest BCUT2D eigenvalue weighted by Crippen LogP contribution is 2.61. The first kappa shape index (κ1) is 46.4. The van der Waals surface area contributed by atoms with E-state index in [2.05, 4.69) is 55.0 Å². The number of carbonyl (C=O) groups excluding carboxylic acids is 3. The van der Waals surface area contributed by atoms with E-state index in [1.54, 1.807) is 28.9 Å². The van der Waals surface area contributed by atoms with Gasteiger partial charge in [0, 0.05) is 65.5 Å². The highest BCUT2D eigenvalue weighted by Gasteiger charge is 2.67. The number of aliphatic hydroxyl groups is 1. The number of benzene rings is 4. The predicted octanol–water partition coefficient (Wildman–Crippen LogP) is 6.09. The monoisotopic (exact) mass is 966 g/mol. The minimum atomic E-state index is -3.53. The summed E-state index contributed by atoms with van der Waals surface area (Å²) in [7, 11) is -3.53. The van der Waals surface area contributed by atoms with Gasteiger partial charge in [-0.15, -0.1) is 5.10 Å². The third kappa shape index (κ3) is 7.54. The summed E-state index contributed by atoms with van der Waals surface area (Å²) in [5.74, 6) is -0.762. The number of aliphatic hydroxyl groups excluding tert-OH is 1. The van der Waals surface area contributed by atoms with Crippen LogP contribution in [0.25, 0.3) is 0 Å². The SMILES string of the molecule is C[C@@H]1[C@@H]([Si](C)(C)F)[C@H](CCn2cc(CCO)nn2)O[C@@]12C(=O)N(Cc1cccc(N3CN(c4ccccc4)C4(CCNCC4)C3=O)c1)c1ccc(N3CN(c4ccccc4)C4(CCNCC4)C3=O)cc12. The molecule has 4 atom stereocenters. The molecule has 366 valence electrons. The molecule has 4 aromatic carbocycles. The normalized spacial score (nSPS) is 25.1. The Labute approximate surface area is 409 Å². The number of ether oxygens (including phenoxy) is 1. The number of halogens is 1. The first-order valence-electron chi connectivity index (χ1n) is 25.0. The van der Waals surface area contributed by atoms with Gasteiger partial charge in [-0.05, 0) is 132 Å². The van der Waals surface area contributed by atoms with Gasteiger partial charge in [-0.1, -0.05) is 60.7 Å². The van der Waals surface area contributed by atoms with Crippen molar-refractivity contribution in [2.24, 2.45) is 5.92 Å². The van der Waals surface area contributed by atoms with E-state index in [1.807, 2.05) is 95.6 Å². The molecule has 1 aromatic heterocycles. The van der Waals surface area contributed by atoms with Gasteiger partial charge in [0.2, 0.25) is 8.41 Å². The van der Waals surface area contributed by atoms with Gasteiger partial charge in [-0.3, -0.25) is 28.9 Å². The van der Waals surface area contributed by atoms with Crippen molar-refractivity contribution < 1.29 is 28.3 Å². The number of aryl methyl sites for hydroxylation is 1. The molecule has 6 aliphatic heterocycles. The first-order valence-corrected chi connectivity index (χ1v) is 28.0. The number of hydrogen-bond acceptors (Lipinski definition) is 11. The predicted molar refractivity (Wildman–Crippen MR) is 270 cm³/mol. The zero-order valence-corrected chi connectivity index (χ0v) is 41.3. The van der Waals surface area contributed by atoms with Gasteiger partial charge in [-0.25, -0.2) is 0 Å². The fourth-order valence-electron chi connectivity index (χ4n) is 12.9. The molecule has 0 unspecified atom stereocenters. The smallest absolute Gasteiger partial charge is 0.264 e. The molecular formula is C53H63FN10O5Si. The minimum Gasteiger partial charge on any atom is -0.396 e. The molecule has 15 nitrogen and oxygen atoms in total. The number of hydrogen-bond donors (Lipinski definition) is 3. The summed E-state index contributed by atoms with van der Waals surface area (Å²) in [5.41, 5.74) is 2.61. The van der Waals surface area contributed by atoms with Crippen LogP contribution in [0.3, 0.4) is 0 Å². The average molecular weight is 967 g/mol. The fraction of sp³-hybridized carbons (Fsp3) is 0.453. The number of nitrogens with zero attached hydrogens (tertiary/aromatic N) is 8. The molecule has 3 amide bonds. The molecule has 5 fully saturated rings. The van der Waals surface area contributed by atoms with Crippen LogP contribution in [-0.4, -0.2) is 110 Å². The van der Waals surface area contributed by atoms with E-state index in [4.69, 9.17) is 4.74 Å². The van der Waals surface area contributed by atoms with Crippen LogP contribution >= 0.6 is 0 Å². The van der Waals surface area contributed by atoms with Crippen molar-refractivity contribution in [3.63, 3.8) is 0 Å². The molecule has 0 aliphatic carbocycles. The molecule has 5 aromatic rings. The second kappa shape index (κ2) is 18.0. The van der Waals surface area contributed by atoms with Gasteiger partial charge in [0.25, 0.3) is 17.7 Å². The molecule has 0 bridgehead atoms. The van der Waals surface area contributed by atoms with Crippen LogP contribution in [0.2, 0.25) is 18.6 Å². The molecule has 7 heterocycles. The number of piperidine rings is 2. The van der Waals surface area contributed by atoms with Crippen LogP contribution in [0.15, 0.2) is 109 Å². The number of aromatic nitrogens is 3. The first-order chi connectivity index (χ1) is 33.9. The second-order valence-corrected chi connectivity index (χ2v) is 24.4. The Hall–Kier alpha value is -5.98. The molecule has 3 spiro atoms. The van der Waals surface area contributed by atoms with Crippen LogP contribution in [0, 0.1) is 5.92 Å². The largest absolute Gasteiger partial charge is 0.396 e. The van der Waals surface area contributed by atoms with Crippen molar-refractivity contribution in [2.75, 3.05) is 70.6 Å². The average Bonchev–Trinajstić information content (AvgIpc) is 4.15. The lowest BCUT2D eigenvalue weighted by atomic mass is 9.82. The van der Waals surface area contributed by atoms with Gasteiger partial charge in [-0.2, -0.15) is 0 Å². The lowest BCUT2D eigenvalue weighted by Crippen LogP contribution is -2.55. The molecule has 0 radical (unpaired) electrons. The lowest BCUT2D eigenvalue weighted by Gasteiger charge is -2.39. The maximum absolute atomic E-state index is 17.1. The summed E-state index contributed by atoms with van der Waals surface area (Å²) >= 11 is 0. The van der Waals surface area contributed by atoms with Gasteiger partial charge < -0.3 is 39.3 Å². The number of nitrogens with one attached hydrogen (secondary N) is 2. The van der Waals surface area contributed by atoms with E-state index in [1.165, 1.54) is 0 Å². The minimum absolute atomic E-state index is 0.0141. The number of amides is 3. The van der Waals surface area contributed by atoms with Gasteiger partial charge in [0.15, 0.2) is 5.60 Å². The van der Waals surface area contributed by atoms with Crippen molar-refractivity contribution in [1.29, 1.82) is 0 Å². The summed E-state index contributed by atoms with van der Waals surface area (Å²) in [6, 6.07) is 34.0. The zero-order chi connectivity index (χ0) is 48.4.